The van der Waals surface area contributed by atoms with Crippen LogP contribution in [0.5, 0.6) is 0 Å². The quantitative estimate of drug-likeness (QED) is 0.0295. The van der Waals surface area contributed by atoms with Crippen LogP contribution in [-0.4, -0.2) is 151 Å². The topological polar surface area (TPSA) is 211 Å². The largest absolute Gasteiger partial charge is 0.870 e. The molecule has 0 aliphatic rings. The molecule has 58 heavy (non-hydrogen) atoms. The average molecular weight is 882 g/mol. The molecule has 0 saturated heterocycles. The maximum atomic E-state index is 11.4. The number of unbranched alkanes of at least 4 members (excludes halogenated alkanes) is 8. The lowest BCUT2D eigenvalue weighted by Crippen LogP contribution is -2.50. The van der Waals surface area contributed by atoms with E-state index < -0.39 is 21.6 Å². The Hall–Kier alpha value is -1.00. The molecule has 352 valence electrons. The van der Waals surface area contributed by atoms with E-state index in [2.05, 4.69) is 32.2 Å². The second kappa shape index (κ2) is 37.7. The van der Waals surface area contributed by atoms with E-state index in [1.54, 1.807) is 6.92 Å². The molecule has 0 radical (unpaired) electrons. The van der Waals surface area contributed by atoms with Crippen LogP contribution in [0.1, 0.15) is 137 Å². The van der Waals surface area contributed by atoms with Gasteiger partial charge in [0, 0.05) is 12.8 Å². The van der Waals surface area contributed by atoms with Crippen LogP contribution in [0.2, 0.25) is 0 Å². The molecular formula is C40H89N3O13P2. The number of phosphoric acid groups is 2. The third-order valence-electron chi connectivity index (χ3n) is 8.83. The van der Waals surface area contributed by atoms with Gasteiger partial charge in [-0.3, -0.25) is 18.7 Å². The van der Waals surface area contributed by atoms with Gasteiger partial charge in [0.2, 0.25) is 0 Å². The fraction of sp³-hybridized carbons (Fsp3) is 0.950. The van der Waals surface area contributed by atoms with Crippen LogP contribution in [-0.2, 0) is 41.6 Å². The zero-order valence-electron chi connectivity index (χ0n) is 38.7. The summed E-state index contributed by atoms with van der Waals surface area (Å²) in [6.07, 6.45) is 15.1. The molecule has 0 saturated carbocycles. The summed E-state index contributed by atoms with van der Waals surface area (Å²) < 4.78 is 49.1. The Kier molecular flexibility index (Phi) is 41.4. The molecule has 2 atom stereocenters. The molecule has 0 aromatic heterocycles. The molecule has 0 rings (SSSR count). The van der Waals surface area contributed by atoms with Gasteiger partial charge in [0.15, 0.2) is 0 Å². The number of likely N-dealkylation sites (N-methyl/N-ethyl adjacent to an activating group) is 2. The predicted molar refractivity (Wildman–Crippen MR) is 227 cm³/mol. The van der Waals surface area contributed by atoms with Gasteiger partial charge in [0.25, 0.3) is 15.6 Å². The smallest absolute Gasteiger partial charge is 0.305 e. The molecule has 0 fully saturated rings. The number of carboxylic acids is 1. The number of quaternary nitrogens is 3. The summed E-state index contributed by atoms with van der Waals surface area (Å²) in [5.41, 5.74) is 0. The Morgan fingerprint density at radius 2 is 0.828 bits per heavy atom. The van der Waals surface area contributed by atoms with Gasteiger partial charge in [-0.05, 0) is 58.3 Å². The van der Waals surface area contributed by atoms with Crippen molar-refractivity contribution < 1.29 is 75.4 Å². The number of phosphoric ester groups is 2. The Morgan fingerprint density at radius 1 is 0.500 bits per heavy atom. The van der Waals surface area contributed by atoms with Gasteiger partial charge in [-0.2, -0.15) is 0 Å². The lowest BCUT2D eigenvalue weighted by molar-refractivity contribution is -0.929. The Bertz CT molecular complexity index is 1040. The number of carbonyl (C=O) groups excluding carboxylic acids is 1. The number of ether oxygens (including phenoxy) is 1. The van der Waals surface area contributed by atoms with Crippen LogP contribution >= 0.6 is 15.6 Å². The predicted octanol–water partition coefficient (Wildman–Crippen LogP) is 6.98. The monoisotopic (exact) mass is 882 g/mol. The standard InChI is InChI=1S/C16H36N.C13H28NO6P.C11H24NO6P.H2O/c1-5-9-13-17(14-10-6-2,15-11-7-3)16-12-8-4;1-5-18-13(15)9-7-6-8-11-19-21(16,17)20-12-10-14(2,3)4;1-12(2,3)8-10-18-19(15,16)17-9-6-4-5-7-11(13)14;/h5-16H2,1-4H3;5-12H2,1-4H3;4-10H2,1-3H3,(H-,13,14,15,16);1H2/q+1;;;/p-1. The average Bonchev–Trinajstić information content (AvgIpc) is 3.10. The zero-order chi connectivity index (χ0) is 44.3. The van der Waals surface area contributed by atoms with Crippen LogP contribution in [0.15, 0.2) is 0 Å². The first kappa shape index (κ1) is 63.6. The number of carboxylic acid groups (broad SMARTS) is 1. The highest BCUT2D eigenvalue weighted by molar-refractivity contribution is 7.46. The third kappa shape index (κ3) is 47.7. The number of nitrogens with zero attached hydrogens (tertiary/aromatic N) is 3. The van der Waals surface area contributed by atoms with E-state index in [0.717, 1.165) is 0 Å². The van der Waals surface area contributed by atoms with E-state index in [0.29, 0.717) is 73.6 Å². The zero-order valence-corrected chi connectivity index (χ0v) is 40.5. The number of hydrogen-bond acceptors (Lipinski definition) is 12. The van der Waals surface area contributed by atoms with Crippen LogP contribution in [0.25, 0.3) is 0 Å². The van der Waals surface area contributed by atoms with E-state index in [-0.39, 0.29) is 44.3 Å². The summed E-state index contributed by atoms with van der Waals surface area (Å²) in [5, 5.41) is 8.41. The minimum atomic E-state index is -4.22. The van der Waals surface area contributed by atoms with Crippen molar-refractivity contribution in [3.63, 3.8) is 0 Å². The van der Waals surface area contributed by atoms with Gasteiger partial charge < -0.3 is 56.7 Å². The molecule has 0 aromatic rings. The molecule has 2 N–H and O–H groups in total. The second-order valence-electron chi connectivity index (χ2n) is 16.7. The molecular weight excluding hydrogens is 792 g/mol. The van der Waals surface area contributed by atoms with Crippen LogP contribution in [0.3, 0.4) is 0 Å². The van der Waals surface area contributed by atoms with E-state index >= 15 is 0 Å². The summed E-state index contributed by atoms with van der Waals surface area (Å²) in [4.78, 5) is 44.1. The van der Waals surface area contributed by atoms with Gasteiger partial charge in [0.1, 0.15) is 26.3 Å². The number of esters is 1. The molecule has 0 bridgehead atoms. The van der Waals surface area contributed by atoms with Crippen molar-refractivity contribution in [1.82, 2.24) is 0 Å². The first-order valence-corrected chi connectivity index (χ1v) is 24.5. The maximum absolute atomic E-state index is 11.4. The van der Waals surface area contributed by atoms with Crippen molar-refractivity contribution in [2.75, 3.05) is 115 Å². The number of carbonyl (C=O) groups is 2. The lowest BCUT2D eigenvalue weighted by atomic mass is 10.1. The van der Waals surface area contributed by atoms with E-state index in [1.807, 2.05) is 42.3 Å². The highest BCUT2D eigenvalue weighted by Crippen LogP contribution is 2.39. The van der Waals surface area contributed by atoms with Crippen LogP contribution in [0, 0.1) is 0 Å². The van der Waals surface area contributed by atoms with Gasteiger partial charge >= 0.3 is 11.9 Å². The fourth-order valence-corrected chi connectivity index (χ4v) is 6.73. The Labute approximate surface area is 354 Å². The van der Waals surface area contributed by atoms with Crippen molar-refractivity contribution in [1.29, 1.82) is 0 Å². The summed E-state index contributed by atoms with van der Waals surface area (Å²) >= 11 is 0. The highest BCUT2D eigenvalue weighted by Gasteiger charge is 2.24. The van der Waals surface area contributed by atoms with Crippen molar-refractivity contribution >= 4 is 27.6 Å². The highest BCUT2D eigenvalue weighted by atomic mass is 31.2. The minimum absolute atomic E-state index is 0. The molecule has 2 unspecified atom stereocenters. The number of aliphatic carboxylic acids is 1. The molecule has 0 amide bonds. The van der Waals surface area contributed by atoms with Crippen LogP contribution < -0.4 is 9.79 Å². The van der Waals surface area contributed by atoms with Crippen molar-refractivity contribution in [3.8, 4) is 0 Å². The number of hydrogen-bond donors (Lipinski definition) is 1. The lowest BCUT2D eigenvalue weighted by Gasteiger charge is -2.39. The summed E-state index contributed by atoms with van der Waals surface area (Å²) in [5.74, 6) is -1.07. The molecule has 16 nitrogen and oxygen atoms in total. The van der Waals surface area contributed by atoms with E-state index in [9.17, 15) is 28.5 Å². The van der Waals surface area contributed by atoms with E-state index in [4.69, 9.17) is 23.4 Å². The maximum Gasteiger partial charge on any atom is 0.305 e. The van der Waals surface area contributed by atoms with Crippen molar-refractivity contribution in [2.24, 2.45) is 0 Å². The molecule has 0 aliphatic carbocycles. The van der Waals surface area contributed by atoms with Crippen molar-refractivity contribution in [2.45, 2.75) is 137 Å². The SMILES string of the molecule is CCCC[N+](CCCC)(CCCC)CCCC.CCOC(=O)CCCCCOP(=O)([O-])OCC[N+](C)(C)C.C[N+](C)(C)CCOP(=O)([O-])OCCCCCC(=O)O.[OH-]. The fourth-order valence-electron chi connectivity index (χ4n) is 5.26. The second-order valence-corrected chi connectivity index (χ2v) is 19.5. The number of rotatable bonds is 35. The first-order chi connectivity index (χ1) is 26.5. The summed E-state index contributed by atoms with van der Waals surface area (Å²) in [6.45, 7) is 18.6. The summed E-state index contributed by atoms with van der Waals surface area (Å²) in [6, 6.07) is 0. The van der Waals surface area contributed by atoms with Gasteiger partial charge in [0.05, 0.1) is 88.3 Å². The molecule has 0 aromatic carbocycles. The summed E-state index contributed by atoms with van der Waals surface area (Å²) in [7, 11) is 3.21. The third-order valence-corrected chi connectivity index (χ3v) is 10.8. The van der Waals surface area contributed by atoms with Gasteiger partial charge in [-0.15, -0.1) is 0 Å². The minimum Gasteiger partial charge on any atom is -0.870 e. The normalized spacial score (nSPS) is 13.8. The van der Waals surface area contributed by atoms with Gasteiger partial charge in [-0.25, -0.2) is 0 Å². The Balaban J connectivity index is -0.000000376. The molecule has 0 heterocycles. The molecule has 18 heteroatoms. The molecule has 0 spiro atoms. The Morgan fingerprint density at radius 3 is 1.12 bits per heavy atom. The van der Waals surface area contributed by atoms with E-state index in [1.165, 1.54) is 82.0 Å². The first-order valence-electron chi connectivity index (χ1n) is 21.6. The van der Waals surface area contributed by atoms with Crippen LogP contribution in [0.4, 0.5) is 0 Å². The van der Waals surface area contributed by atoms with Crippen molar-refractivity contribution in [3.05, 3.63) is 0 Å². The van der Waals surface area contributed by atoms with Gasteiger partial charge in [-0.1, -0.05) is 66.2 Å². The molecule has 0 aliphatic heterocycles.